The molecule has 0 heterocycles. The molecule has 0 aliphatic rings. The van der Waals surface area contributed by atoms with E-state index in [-0.39, 0.29) is 18.2 Å². The van der Waals surface area contributed by atoms with E-state index in [1.54, 1.807) is 24.3 Å². The van der Waals surface area contributed by atoms with Gasteiger partial charge in [0.25, 0.3) is 0 Å². The molecule has 2 amide bonds. The Morgan fingerprint density at radius 1 is 1.17 bits per heavy atom. The highest BCUT2D eigenvalue weighted by atomic mass is 16.5. The van der Waals surface area contributed by atoms with Crippen LogP contribution in [0, 0.1) is 5.41 Å². The largest absolute Gasteiger partial charge is 0.465 e. The summed E-state index contributed by atoms with van der Waals surface area (Å²) in [6.07, 6.45) is 0.831. The standard InChI is InChI=1S/C17H24N2O4/c1-17(2,3)16(22)18-10-6-9-14(20)19-13-8-5-7-12(11-13)15(21)23-4/h5,7-8,11H,6,9-10H2,1-4H3,(H,18,22)(H,19,20). The summed E-state index contributed by atoms with van der Waals surface area (Å²) in [5, 5.41) is 5.51. The van der Waals surface area contributed by atoms with Crippen LogP contribution in [0.25, 0.3) is 0 Å². The number of ether oxygens (including phenoxy) is 1. The third kappa shape index (κ3) is 6.50. The molecule has 6 nitrogen and oxygen atoms in total. The maximum absolute atomic E-state index is 11.9. The van der Waals surface area contributed by atoms with Crippen molar-refractivity contribution < 1.29 is 19.1 Å². The van der Waals surface area contributed by atoms with E-state index >= 15 is 0 Å². The van der Waals surface area contributed by atoms with Crippen LogP contribution in [0.1, 0.15) is 44.0 Å². The smallest absolute Gasteiger partial charge is 0.337 e. The molecular formula is C17H24N2O4. The normalized spacial score (nSPS) is 10.8. The van der Waals surface area contributed by atoms with Crippen LogP contribution < -0.4 is 10.6 Å². The maximum atomic E-state index is 11.9. The zero-order valence-electron chi connectivity index (χ0n) is 14.1. The number of benzene rings is 1. The average Bonchev–Trinajstić information content (AvgIpc) is 2.49. The summed E-state index contributed by atoms with van der Waals surface area (Å²) in [5.74, 6) is -0.660. The molecule has 0 fully saturated rings. The SMILES string of the molecule is COC(=O)c1cccc(NC(=O)CCCNC(=O)C(C)(C)C)c1. The van der Waals surface area contributed by atoms with Gasteiger partial charge in [-0.1, -0.05) is 26.8 Å². The van der Waals surface area contributed by atoms with Crippen LogP contribution in [-0.4, -0.2) is 31.4 Å². The highest BCUT2D eigenvalue weighted by Crippen LogP contribution is 2.13. The van der Waals surface area contributed by atoms with E-state index < -0.39 is 11.4 Å². The molecule has 0 aliphatic carbocycles. The molecule has 6 heteroatoms. The molecule has 0 aliphatic heterocycles. The lowest BCUT2D eigenvalue weighted by molar-refractivity contribution is -0.128. The van der Waals surface area contributed by atoms with E-state index in [4.69, 9.17) is 0 Å². The molecule has 0 atom stereocenters. The zero-order chi connectivity index (χ0) is 17.5. The quantitative estimate of drug-likeness (QED) is 0.622. The number of amides is 2. The van der Waals surface area contributed by atoms with Gasteiger partial charge in [0.05, 0.1) is 12.7 Å². The summed E-state index contributed by atoms with van der Waals surface area (Å²) in [6.45, 7) is 5.96. The van der Waals surface area contributed by atoms with Crippen LogP contribution in [0.5, 0.6) is 0 Å². The Labute approximate surface area is 136 Å². The first-order valence-electron chi connectivity index (χ1n) is 7.50. The average molecular weight is 320 g/mol. The van der Waals surface area contributed by atoms with Crippen molar-refractivity contribution in [2.45, 2.75) is 33.6 Å². The lowest BCUT2D eigenvalue weighted by atomic mass is 9.96. The van der Waals surface area contributed by atoms with E-state index in [9.17, 15) is 14.4 Å². The van der Waals surface area contributed by atoms with Gasteiger partial charge in [-0.05, 0) is 24.6 Å². The van der Waals surface area contributed by atoms with Crippen LogP contribution in [-0.2, 0) is 14.3 Å². The Hall–Kier alpha value is -2.37. The second-order valence-corrected chi connectivity index (χ2v) is 6.23. The van der Waals surface area contributed by atoms with E-state index in [1.807, 2.05) is 20.8 Å². The molecule has 23 heavy (non-hydrogen) atoms. The number of methoxy groups -OCH3 is 1. The fraction of sp³-hybridized carbons (Fsp3) is 0.471. The first-order valence-corrected chi connectivity index (χ1v) is 7.50. The Kier molecular flexibility index (Phi) is 6.75. The van der Waals surface area contributed by atoms with Crippen molar-refractivity contribution in [2.24, 2.45) is 5.41 Å². The first-order chi connectivity index (χ1) is 10.7. The Morgan fingerprint density at radius 3 is 2.48 bits per heavy atom. The minimum absolute atomic E-state index is 0.0383. The van der Waals surface area contributed by atoms with Crippen LogP contribution >= 0.6 is 0 Å². The number of hydrogen-bond donors (Lipinski definition) is 2. The molecular weight excluding hydrogens is 296 g/mol. The summed E-state index contributed by atoms with van der Waals surface area (Å²) < 4.78 is 4.63. The lowest BCUT2D eigenvalue weighted by Gasteiger charge is -2.17. The predicted octanol–water partition coefficient (Wildman–Crippen LogP) is 2.35. The minimum Gasteiger partial charge on any atom is -0.465 e. The van der Waals surface area contributed by atoms with E-state index in [0.717, 1.165) is 0 Å². The van der Waals surface area contributed by atoms with Crippen molar-refractivity contribution in [1.82, 2.24) is 5.32 Å². The van der Waals surface area contributed by atoms with E-state index in [2.05, 4.69) is 15.4 Å². The van der Waals surface area contributed by atoms with Crippen molar-refractivity contribution in [3.8, 4) is 0 Å². The van der Waals surface area contributed by atoms with Crippen molar-refractivity contribution in [2.75, 3.05) is 19.0 Å². The summed E-state index contributed by atoms with van der Waals surface area (Å²) in [4.78, 5) is 35.0. The maximum Gasteiger partial charge on any atom is 0.337 e. The monoisotopic (exact) mass is 320 g/mol. The van der Waals surface area contributed by atoms with Crippen LogP contribution in [0.15, 0.2) is 24.3 Å². The molecule has 0 unspecified atom stereocenters. The van der Waals surface area contributed by atoms with Crippen molar-refractivity contribution >= 4 is 23.5 Å². The van der Waals surface area contributed by atoms with Gasteiger partial charge in [-0.3, -0.25) is 9.59 Å². The number of hydrogen-bond acceptors (Lipinski definition) is 4. The molecule has 1 rings (SSSR count). The van der Waals surface area contributed by atoms with Gasteiger partial charge in [-0.2, -0.15) is 0 Å². The van der Waals surface area contributed by atoms with E-state index in [0.29, 0.717) is 24.2 Å². The first kappa shape index (κ1) is 18.7. The summed E-state index contributed by atoms with van der Waals surface area (Å²) in [7, 11) is 1.31. The third-order valence-electron chi connectivity index (χ3n) is 3.11. The van der Waals surface area contributed by atoms with Gasteiger partial charge in [0.2, 0.25) is 11.8 Å². The summed E-state index contributed by atoms with van der Waals surface area (Å²) in [5.41, 5.74) is 0.482. The van der Waals surface area contributed by atoms with Gasteiger partial charge in [-0.25, -0.2) is 4.79 Å². The number of anilines is 1. The Balaban J connectivity index is 2.40. The molecule has 0 aromatic heterocycles. The number of esters is 1. The van der Waals surface area contributed by atoms with Gasteiger partial charge in [0, 0.05) is 24.1 Å². The molecule has 0 saturated heterocycles. The second-order valence-electron chi connectivity index (χ2n) is 6.23. The highest BCUT2D eigenvalue weighted by Gasteiger charge is 2.20. The molecule has 126 valence electrons. The molecule has 0 bridgehead atoms. The minimum atomic E-state index is -0.453. The third-order valence-corrected chi connectivity index (χ3v) is 3.11. The number of nitrogens with one attached hydrogen (secondary N) is 2. The summed E-state index contributed by atoms with van der Waals surface area (Å²) >= 11 is 0. The fourth-order valence-electron chi connectivity index (χ4n) is 1.78. The molecule has 2 N–H and O–H groups in total. The van der Waals surface area contributed by atoms with Crippen LogP contribution in [0.3, 0.4) is 0 Å². The highest BCUT2D eigenvalue weighted by molar-refractivity contribution is 5.94. The van der Waals surface area contributed by atoms with E-state index in [1.165, 1.54) is 7.11 Å². The second kappa shape index (κ2) is 8.31. The number of carbonyl (C=O) groups is 3. The van der Waals surface area contributed by atoms with Gasteiger partial charge >= 0.3 is 5.97 Å². The van der Waals surface area contributed by atoms with Crippen LogP contribution in [0.2, 0.25) is 0 Å². The Morgan fingerprint density at radius 2 is 1.87 bits per heavy atom. The Bertz CT molecular complexity index is 576. The molecule has 0 spiro atoms. The number of rotatable bonds is 6. The lowest BCUT2D eigenvalue weighted by Crippen LogP contribution is -2.35. The molecule has 0 radical (unpaired) electrons. The van der Waals surface area contributed by atoms with Crippen molar-refractivity contribution in [1.29, 1.82) is 0 Å². The predicted molar refractivity (Wildman–Crippen MR) is 88.1 cm³/mol. The number of carbonyl (C=O) groups excluding carboxylic acids is 3. The van der Waals surface area contributed by atoms with Gasteiger partial charge in [0.1, 0.15) is 0 Å². The molecule has 0 saturated carbocycles. The van der Waals surface area contributed by atoms with Gasteiger partial charge < -0.3 is 15.4 Å². The van der Waals surface area contributed by atoms with Gasteiger partial charge in [-0.15, -0.1) is 0 Å². The topological polar surface area (TPSA) is 84.5 Å². The zero-order valence-corrected chi connectivity index (χ0v) is 14.1. The van der Waals surface area contributed by atoms with Gasteiger partial charge in [0.15, 0.2) is 0 Å². The van der Waals surface area contributed by atoms with Crippen LogP contribution in [0.4, 0.5) is 5.69 Å². The van der Waals surface area contributed by atoms with Crippen molar-refractivity contribution in [3.63, 3.8) is 0 Å². The van der Waals surface area contributed by atoms with Crippen molar-refractivity contribution in [3.05, 3.63) is 29.8 Å². The fourth-order valence-corrected chi connectivity index (χ4v) is 1.78. The summed E-state index contributed by atoms with van der Waals surface area (Å²) in [6, 6.07) is 6.55. The molecule has 1 aromatic carbocycles. The molecule has 1 aromatic rings.